The molecule has 6 heteroatoms. The third-order valence-electron chi connectivity index (χ3n) is 6.31. The number of hydrogen-bond donors (Lipinski definition) is 1. The fourth-order valence-electron chi connectivity index (χ4n) is 4.41. The van der Waals surface area contributed by atoms with Crippen molar-refractivity contribution in [2.75, 3.05) is 13.2 Å². The van der Waals surface area contributed by atoms with Gasteiger partial charge >= 0.3 is 0 Å². The van der Waals surface area contributed by atoms with Crippen molar-refractivity contribution in [1.29, 1.82) is 0 Å². The summed E-state index contributed by atoms with van der Waals surface area (Å²) in [6.45, 7) is 8.32. The summed E-state index contributed by atoms with van der Waals surface area (Å²) in [6, 6.07) is 22.1. The van der Waals surface area contributed by atoms with Crippen LogP contribution in [0.25, 0.3) is 11.0 Å². The molecule has 188 valence electrons. The van der Waals surface area contributed by atoms with Gasteiger partial charge in [0.2, 0.25) is 5.91 Å². The van der Waals surface area contributed by atoms with Gasteiger partial charge in [-0.3, -0.25) is 4.79 Å². The third kappa shape index (κ3) is 6.46. The van der Waals surface area contributed by atoms with Gasteiger partial charge in [0.15, 0.2) is 0 Å². The number of aryl methyl sites for hydroxylation is 2. The molecule has 3 aromatic carbocycles. The number of imidazole rings is 1. The van der Waals surface area contributed by atoms with Crippen LogP contribution < -0.4 is 10.1 Å². The minimum Gasteiger partial charge on any atom is -0.491 e. The summed E-state index contributed by atoms with van der Waals surface area (Å²) in [5.41, 5.74) is 5.34. The summed E-state index contributed by atoms with van der Waals surface area (Å²) in [4.78, 5) is 17.2. The van der Waals surface area contributed by atoms with Gasteiger partial charge in [-0.2, -0.15) is 0 Å². The minimum absolute atomic E-state index is 0.0240. The predicted molar refractivity (Wildman–Crippen MR) is 147 cm³/mol. The Morgan fingerprint density at radius 3 is 2.67 bits per heavy atom. The Kier molecular flexibility index (Phi) is 8.65. The normalized spacial score (nSPS) is 11.2. The van der Waals surface area contributed by atoms with Gasteiger partial charge in [0.05, 0.1) is 24.0 Å². The molecule has 1 amide bonds. The number of carbonyl (C=O) groups is 1. The number of ether oxygens (including phenoxy) is 1. The van der Waals surface area contributed by atoms with E-state index in [-0.39, 0.29) is 12.3 Å². The highest BCUT2D eigenvalue weighted by Crippen LogP contribution is 2.27. The van der Waals surface area contributed by atoms with Crippen molar-refractivity contribution in [2.45, 2.75) is 52.5 Å². The largest absolute Gasteiger partial charge is 0.491 e. The van der Waals surface area contributed by atoms with Crippen LogP contribution in [-0.4, -0.2) is 28.6 Å². The van der Waals surface area contributed by atoms with E-state index in [1.54, 1.807) is 6.07 Å². The monoisotopic (exact) mass is 503 g/mol. The summed E-state index contributed by atoms with van der Waals surface area (Å²) in [5.74, 6) is 2.34. The van der Waals surface area contributed by atoms with Crippen molar-refractivity contribution in [3.05, 3.63) is 94.3 Å². The van der Waals surface area contributed by atoms with Gasteiger partial charge in [-0.05, 0) is 60.2 Å². The van der Waals surface area contributed by atoms with Crippen molar-refractivity contribution >= 4 is 28.5 Å². The van der Waals surface area contributed by atoms with E-state index in [2.05, 4.69) is 54.9 Å². The lowest BCUT2D eigenvalue weighted by Crippen LogP contribution is -2.26. The van der Waals surface area contributed by atoms with Gasteiger partial charge in [-0.1, -0.05) is 67.9 Å². The first-order valence-electron chi connectivity index (χ1n) is 12.6. The Bertz CT molecular complexity index is 1330. The Balaban J connectivity index is 1.37. The van der Waals surface area contributed by atoms with Crippen molar-refractivity contribution in [3.8, 4) is 5.75 Å². The molecule has 0 spiro atoms. The zero-order chi connectivity index (χ0) is 25.5. The van der Waals surface area contributed by atoms with Gasteiger partial charge in [0, 0.05) is 18.0 Å². The van der Waals surface area contributed by atoms with Gasteiger partial charge in [0.1, 0.15) is 18.2 Å². The summed E-state index contributed by atoms with van der Waals surface area (Å²) in [7, 11) is 0. The third-order valence-corrected chi connectivity index (χ3v) is 6.67. The molecule has 0 saturated carbocycles. The molecule has 4 aromatic rings. The summed E-state index contributed by atoms with van der Waals surface area (Å²) in [6.07, 6.45) is 1.85. The van der Waals surface area contributed by atoms with E-state index in [0.717, 1.165) is 41.0 Å². The Morgan fingerprint density at radius 1 is 1.08 bits per heavy atom. The maximum Gasteiger partial charge on any atom is 0.224 e. The molecule has 4 rings (SSSR count). The standard InChI is InChI=1S/C30H34ClN3O2/c1-21(2)24-15-14-22(3)19-28(24)36-18-17-34-27-12-7-6-11-26(27)33-29(34)13-8-16-32-30(35)20-23-9-4-5-10-25(23)31/h4-7,9-12,14-15,19,21H,8,13,16-18,20H2,1-3H3,(H,32,35). The van der Waals surface area contributed by atoms with Crippen molar-refractivity contribution < 1.29 is 9.53 Å². The first-order valence-corrected chi connectivity index (χ1v) is 13.0. The average molecular weight is 504 g/mol. The smallest absolute Gasteiger partial charge is 0.224 e. The Morgan fingerprint density at radius 2 is 1.86 bits per heavy atom. The lowest BCUT2D eigenvalue weighted by Gasteiger charge is -2.16. The molecule has 36 heavy (non-hydrogen) atoms. The number of rotatable bonds is 11. The molecule has 0 fully saturated rings. The number of benzene rings is 3. The number of para-hydroxylation sites is 2. The second-order valence-corrected chi connectivity index (χ2v) is 9.84. The van der Waals surface area contributed by atoms with Gasteiger partial charge < -0.3 is 14.6 Å². The van der Waals surface area contributed by atoms with Crippen molar-refractivity contribution in [2.24, 2.45) is 0 Å². The molecule has 0 aliphatic rings. The highest BCUT2D eigenvalue weighted by Gasteiger charge is 2.13. The van der Waals surface area contributed by atoms with E-state index < -0.39 is 0 Å². The SMILES string of the molecule is Cc1ccc(C(C)C)c(OCCn2c(CCCNC(=O)Cc3ccccc3Cl)nc3ccccc32)c1. The van der Waals surface area contributed by atoms with Crippen molar-refractivity contribution in [3.63, 3.8) is 0 Å². The molecule has 1 aromatic heterocycles. The van der Waals surface area contributed by atoms with E-state index >= 15 is 0 Å². The van der Waals surface area contributed by atoms with Crippen LogP contribution in [0.3, 0.4) is 0 Å². The molecule has 0 bridgehead atoms. The Hall–Kier alpha value is -3.31. The van der Waals surface area contributed by atoms with Crippen LogP contribution in [0.4, 0.5) is 0 Å². The molecular weight excluding hydrogens is 470 g/mol. The maximum atomic E-state index is 12.4. The maximum absolute atomic E-state index is 12.4. The number of fused-ring (bicyclic) bond motifs is 1. The highest BCUT2D eigenvalue weighted by atomic mass is 35.5. The van der Waals surface area contributed by atoms with E-state index in [1.165, 1.54) is 11.1 Å². The minimum atomic E-state index is -0.0240. The second kappa shape index (κ2) is 12.1. The molecule has 0 saturated heterocycles. The highest BCUT2D eigenvalue weighted by molar-refractivity contribution is 6.31. The van der Waals surface area contributed by atoms with E-state index in [9.17, 15) is 4.79 Å². The molecule has 0 unspecified atom stereocenters. The Labute approximate surface area is 218 Å². The molecule has 0 aliphatic carbocycles. The van der Waals surface area contributed by atoms with Crippen LogP contribution in [0, 0.1) is 6.92 Å². The fraction of sp³-hybridized carbons (Fsp3) is 0.333. The van der Waals surface area contributed by atoms with Crippen LogP contribution in [0.1, 0.15) is 48.7 Å². The van der Waals surface area contributed by atoms with E-state index in [4.69, 9.17) is 21.3 Å². The lowest BCUT2D eigenvalue weighted by atomic mass is 10.0. The van der Waals surface area contributed by atoms with Gasteiger partial charge in [-0.25, -0.2) is 4.98 Å². The van der Waals surface area contributed by atoms with Crippen LogP contribution in [-0.2, 0) is 24.2 Å². The van der Waals surface area contributed by atoms with E-state index in [1.807, 2.05) is 36.4 Å². The fourth-order valence-corrected chi connectivity index (χ4v) is 4.61. The molecular formula is C30H34ClN3O2. The topological polar surface area (TPSA) is 56.1 Å². The van der Waals surface area contributed by atoms with Crippen LogP contribution in [0.5, 0.6) is 5.75 Å². The quantitative estimate of drug-likeness (QED) is 0.238. The number of aromatic nitrogens is 2. The molecule has 1 N–H and O–H groups in total. The van der Waals surface area contributed by atoms with Gasteiger partial charge in [0.25, 0.3) is 0 Å². The molecule has 1 heterocycles. The number of hydrogen-bond acceptors (Lipinski definition) is 3. The zero-order valence-corrected chi connectivity index (χ0v) is 22.0. The summed E-state index contributed by atoms with van der Waals surface area (Å²) >= 11 is 6.18. The first-order chi connectivity index (χ1) is 17.4. The van der Waals surface area contributed by atoms with E-state index in [0.29, 0.717) is 30.6 Å². The molecule has 5 nitrogen and oxygen atoms in total. The summed E-state index contributed by atoms with van der Waals surface area (Å²) in [5, 5.41) is 3.63. The number of carbonyl (C=O) groups excluding carboxylic acids is 1. The van der Waals surface area contributed by atoms with Crippen LogP contribution >= 0.6 is 11.6 Å². The molecule has 0 radical (unpaired) electrons. The number of nitrogens with one attached hydrogen (secondary N) is 1. The zero-order valence-electron chi connectivity index (χ0n) is 21.3. The predicted octanol–water partition coefficient (Wildman–Crippen LogP) is 6.49. The van der Waals surface area contributed by atoms with Crippen LogP contribution in [0.2, 0.25) is 5.02 Å². The molecule has 0 atom stereocenters. The number of halogens is 1. The van der Waals surface area contributed by atoms with Gasteiger partial charge in [-0.15, -0.1) is 0 Å². The lowest BCUT2D eigenvalue weighted by molar-refractivity contribution is -0.120. The first kappa shape index (κ1) is 25.8. The summed E-state index contributed by atoms with van der Waals surface area (Å²) < 4.78 is 8.51. The number of amides is 1. The molecule has 0 aliphatic heterocycles. The van der Waals surface area contributed by atoms with Crippen molar-refractivity contribution in [1.82, 2.24) is 14.9 Å². The average Bonchev–Trinajstić information content (AvgIpc) is 3.20. The number of nitrogens with zero attached hydrogens (tertiary/aromatic N) is 2. The second-order valence-electron chi connectivity index (χ2n) is 9.43. The van der Waals surface area contributed by atoms with Crippen LogP contribution in [0.15, 0.2) is 66.7 Å².